The van der Waals surface area contributed by atoms with Crippen LogP contribution in [0.1, 0.15) is 34.8 Å². The number of carbonyl (C=O) groups excluding carboxylic acids is 1. The molecule has 0 saturated carbocycles. The second-order valence-electron chi connectivity index (χ2n) is 6.94. The maximum Gasteiger partial charge on any atom is 0.257 e. The van der Waals surface area contributed by atoms with Crippen molar-refractivity contribution in [2.45, 2.75) is 38.5 Å². The number of benzene rings is 2. The highest BCUT2D eigenvalue weighted by Crippen LogP contribution is 2.27. The molecular formula is C22H24N2O2S. The lowest BCUT2D eigenvalue weighted by atomic mass is 10.0. The minimum absolute atomic E-state index is 0.0455. The van der Waals surface area contributed by atoms with Gasteiger partial charge in [0.05, 0.1) is 10.7 Å². The predicted octanol–water partition coefficient (Wildman–Crippen LogP) is 4.30. The highest BCUT2D eigenvalue weighted by molar-refractivity contribution is 7.11. The fraction of sp³-hybridized carbons (Fsp3) is 0.364. The van der Waals surface area contributed by atoms with E-state index in [0.29, 0.717) is 6.54 Å². The Morgan fingerprint density at radius 3 is 2.85 bits per heavy atom. The van der Waals surface area contributed by atoms with Crippen molar-refractivity contribution in [2.75, 3.05) is 13.2 Å². The number of amides is 1. The molecule has 0 spiro atoms. The summed E-state index contributed by atoms with van der Waals surface area (Å²) in [6, 6.07) is 14.0. The van der Waals surface area contributed by atoms with Crippen LogP contribution < -0.4 is 10.1 Å². The number of hydrogen-bond acceptors (Lipinski definition) is 4. The maximum absolute atomic E-state index is 12.0. The topological polar surface area (TPSA) is 51.2 Å². The highest BCUT2D eigenvalue weighted by atomic mass is 32.1. The van der Waals surface area contributed by atoms with Crippen LogP contribution in [0, 0.1) is 0 Å². The molecule has 1 heterocycles. The third-order valence-electron chi connectivity index (χ3n) is 4.87. The Morgan fingerprint density at radius 1 is 1.11 bits per heavy atom. The Bertz CT molecular complexity index is 911. The molecule has 1 N–H and O–H groups in total. The lowest BCUT2D eigenvalue weighted by Gasteiger charge is -2.08. The molecule has 2 aromatic carbocycles. The van der Waals surface area contributed by atoms with Gasteiger partial charge in [-0.15, -0.1) is 11.3 Å². The molecular weight excluding hydrogens is 356 g/mol. The molecule has 0 fully saturated rings. The summed E-state index contributed by atoms with van der Waals surface area (Å²) in [4.78, 5) is 18.2. The van der Waals surface area contributed by atoms with Crippen molar-refractivity contribution in [2.24, 2.45) is 0 Å². The molecule has 4 nitrogen and oxygen atoms in total. The van der Waals surface area contributed by atoms with Gasteiger partial charge in [0.2, 0.25) is 0 Å². The van der Waals surface area contributed by atoms with E-state index in [0.717, 1.165) is 35.8 Å². The number of hydrogen-bond donors (Lipinski definition) is 1. The summed E-state index contributed by atoms with van der Waals surface area (Å²) >= 11 is 1.85. The van der Waals surface area contributed by atoms with Gasteiger partial charge in [0, 0.05) is 17.8 Å². The van der Waals surface area contributed by atoms with E-state index < -0.39 is 0 Å². The Hall–Kier alpha value is -2.40. The highest BCUT2D eigenvalue weighted by Gasteiger charge is 2.14. The number of aromatic nitrogens is 1. The molecule has 1 amide bonds. The number of aryl methyl sites for hydroxylation is 3. The monoisotopic (exact) mass is 380 g/mol. The molecule has 1 aliphatic rings. The van der Waals surface area contributed by atoms with E-state index in [4.69, 9.17) is 9.72 Å². The van der Waals surface area contributed by atoms with Gasteiger partial charge in [0.25, 0.3) is 5.91 Å². The van der Waals surface area contributed by atoms with Crippen LogP contribution >= 0.6 is 11.3 Å². The number of carbonyl (C=O) groups is 1. The minimum atomic E-state index is -0.0819. The summed E-state index contributed by atoms with van der Waals surface area (Å²) in [6.07, 6.45) is 6.73. The Labute approximate surface area is 163 Å². The first-order valence-electron chi connectivity index (χ1n) is 9.64. The number of ether oxygens (including phenoxy) is 1. The third-order valence-corrected chi connectivity index (χ3v) is 6.09. The average molecular weight is 381 g/mol. The van der Waals surface area contributed by atoms with Crippen molar-refractivity contribution in [3.8, 4) is 5.75 Å². The molecule has 0 unspecified atom stereocenters. The van der Waals surface area contributed by atoms with E-state index in [9.17, 15) is 4.79 Å². The van der Waals surface area contributed by atoms with Gasteiger partial charge in [0.15, 0.2) is 6.61 Å². The summed E-state index contributed by atoms with van der Waals surface area (Å²) < 4.78 is 5.62. The lowest BCUT2D eigenvalue weighted by Crippen LogP contribution is -2.29. The van der Waals surface area contributed by atoms with Crippen molar-refractivity contribution in [1.29, 1.82) is 0 Å². The molecule has 0 atom stereocenters. The van der Waals surface area contributed by atoms with Crippen molar-refractivity contribution < 1.29 is 9.53 Å². The molecule has 4 rings (SSSR count). The van der Waals surface area contributed by atoms with Crippen molar-refractivity contribution >= 4 is 28.0 Å². The van der Waals surface area contributed by atoms with Crippen molar-refractivity contribution in [1.82, 2.24) is 10.3 Å². The van der Waals surface area contributed by atoms with Crippen molar-refractivity contribution in [3.63, 3.8) is 0 Å². The van der Waals surface area contributed by atoms with Gasteiger partial charge in [-0.05, 0) is 55.0 Å². The molecule has 27 heavy (non-hydrogen) atoms. The van der Waals surface area contributed by atoms with E-state index in [-0.39, 0.29) is 12.5 Å². The number of rotatable bonds is 7. The van der Waals surface area contributed by atoms with Gasteiger partial charge in [-0.2, -0.15) is 0 Å². The zero-order chi connectivity index (χ0) is 18.5. The maximum atomic E-state index is 12.0. The van der Waals surface area contributed by atoms with Crippen LogP contribution in [0.4, 0.5) is 0 Å². The Morgan fingerprint density at radius 2 is 1.96 bits per heavy atom. The summed E-state index contributed by atoms with van der Waals surface area (Å²) in [5.74, 6) is 0.638. The Balaban J connectivity index is 1.18. The first-order chi connectivity index (χ1) is 13.3. The normalized spacial score (nSPS) is 13.3. The van der Waals surface area contributed by atoms with E-state index in [1.165, 1.54) is 34.8 Å². The fourth-order valence-electron chi connectivity index (χ4n) is 3.44. The molecule has 0 aliphatic heterocycles. The summed E-state index contributed by atoms with van der Waals surface area (Å²) in [5.41, 5.74) is 1.31. The van der Waals surface area contributed by atoms with Crippen LogP contribution in [0.3, 0.4) is 0 Å². The Kier molecular flexibility index (Phi) is 5.68. The van der Waals surface area contributed by atoms with Gasteiger partial charge in [-0.25, -0.2) is 4.98 Å². The molecule has 3 aromatic rings. The van der Waals surface area contributed by atoms with Crippen LogP contribution in [0.25, 0.3) is 10.8 Å². The van der Waals surface area contributed by atoms with E-state index in [1.807, 2.05) is 47.7 Å². The van der Waals surface area contributed by atoms with E-state index in [2.05, 4.69) is 11.4 Å². The molecule has 0 saturated heterocycles. The number of fused-ring (bicyclic) bond motifs is 2. The minimum Gasteiger partial charge on any atom is -0.484 e. The standard InChI is InChI=1S/C22H24N2O2S/c25-21(15-26-18-12-11-16-6-1-2-7-17(16)14-18)23-13-5-10-22-24-19-8-3-4-9-20(19)27-22/h1-2,6-7,11-12,14H,3-5,8-10,13,15H2,(H,23,25). The summed E-state index contributed by atoms with van der Waals surface area (Å²) in [7, 11) is 0. The van der Waals surface area contributed by atoms with E-state index >= 15 is 0 Å². The quantitative estimate of drug-likeness (QED) is 0.622. The van der Waals surface area contributed by atoms with Gasteiger partial charge >= 0.3 is 0 Å². The predicted molar refractivity (Wildman–Crippen MR) is 110 cm³/mol. The second kappa shape index (κ2) is 8.53. The lowest BCUT2D eigenvalue weighted by molar-refractivity contribution is -0.123. The number of nitrogens with one attached hydrogen (secondary N) is 1. The largest absolute Gasteiger partial charge is 0.484 e. The van der Waals surface area contributed by atoms with Crippen molar-refractivity contribution in [3.05, 3.63) is 58.0 Å². The van der Waals surface area contributed by atoms with Gasteiger partial charge in [-0.3, -0.25) is 4.79 Å². The van der Waals surface area contributed by atoms with Gasteiger partial charge < -0.3 is 10.1 Å². The first-order valence-corrected chi connectivity index (χ1v) is 10.5. The fourth-order valence-corrected chi connectivity index (χ4v) is 4.64. The van der Waals surface area contributed by atoms with Crippen LogP contribution in [-0.2, 0) is 24.1 Å². The summed E-state index contributed by atoms with van der Waals surface area (Å²) in [6.45, 7) is 0.702. The van der Waals surface area contributed by atoms with Crippen LogP contribution in [-0.4, -0.2) is 24.0 Å². The SMILES string of the molecule is O=C(COc1ccc2ccccc2c1)NCCCc1nc2c(s1)CCCC2. The van der Waals surface area contributed by atoms with Gasteiger partial charge in [-0.1, -0.05) is 30.3 Å². The molecule has 1 aliphatic carbocycles. The first kappa shape index (κ1) is 18.0. The average Bonchev–Trinajstić information content (AvgIpc) is 3.12. The zero-order valence-corrected chi connectivity index (χ0v) is 16.2. The second-order valence-corrected chi connectivity index (χ2v) is 8.10. The molecule has 1 aromatic heterocycles. The zero-order valence-electron chi connectivity index (χ0n) is 15.4. The number of nitrogens with zero attached hydrogens (tertiary/aromatic N) is 1. The van der Waals surface area contributed by atoms with Crippen LogP contribution in [0.5, 0.6) is 5.75 Å². The molecule has 0 bridgehead atoms. The smallest absolute Gasteiger partial charge is 0.257 e. The van der Waals surface area contributed by atoms with Gasteiger partial charge in [0.1, 0.15) is 5.75 Å². The number of thiazole rings is 1. The molecule has 140 valence electrons. The third kappa shape index (κ3) is 4.66. The molecule has 5 heteroatoms. The van der Waals surface area contributed by atoms with Crippen LogP contribution in [0.2, 0.25) is 0 Å². The molecule has 0 radical (unpaired) electrons. The van der Waals surface area contributed by atoms with E-state index in [1.54, 1.807) is 0 Å². The summed E-state index contributed by atoms with van der Waals surface area (Å²) in [5, 5.41) is 6.42. The van der Waals surface area contributed by atoms with Crippen LogP contribution in [0.15, 0.2) is 42.5 Å².